The zero-order chi connectivity index (χ0) is 19.2. The van der Waals surface area contributed by atoms with Crippen LogP contribution in [0.15, 0.2) is 35.2 Å². The van der Waals surface area contributed by atoms with Crippen molar-refractivity contribution in [1.29, 1.82) is 0 Å². The van der Waals surface area contributed by atoms with Crippen molar-refractivity contribution in [2.45, 2.75) is 43.6 Å². The summed E-state index contributed by atoms with van der Waals surface area (Å²) in [5.74, 6) is -0.216. The molecule has 1 N–H and O–H groups in total. The Labute approximate surface area is 156 Å². The van der Waals surface area contributed by atoms with E-state index in [1.807, 2.05) is 0 Å². The molecule has 1 fully saturated rings. The number of carbonyl (C=O) groups excluding carboxylic acids is 1. The molecule has 0 bridgehead atoms. The van der Waals surface area contributed by atoms with Crippen molar-refractivity contribution in [3.05, 3.63) is 35.9 Å². The predicted octanol–water partition coefficient (Wildman–Crippen LogP) is 2.10. The zero-order valence-electron chi connectivity index (χ0n) is 15.5. The van der Waals surface area contributed by atoms with E-state index in [9.17, 15) is 18.3 Å². The average molecular weight is 381 g/mol. The largest absolute Gasteiger partial charge is 0.392 e. The van der Waals surface area contributed by atoms with Gasteiger partial charge in [-0.3, -0.25) is 4.79 Å². The molecule has 0 aliphatic carbocycles. The lowest BCUT2D eigenvalue weighted by molar-refractivity contribution is -0.125. The molecular formula is C19H28N2O4S. The van der Waals surface area contributed by atoms with Gasteiger partial charge in [-0.25, -0.2) is 8.42 Å². The van der Waals surface area contributed by atoms with Crippen LogP contribution >= 0.6 is 0 Å². The molecule has 1 aromatic carbocycles. The minimum absolute atomic E-state index is 0.216. The van der Waals surface area contributed by atoms with Crippen LogP contribution in [-0.4, -0.2) is 61.4 Å². The molecule has 26 heavy (non-hydrogen) atoms. The first-order valence-corrected chi connectivity index (χ1v) is 10.5. The van der Waals surface area contributed by atoms with Crippen molar-refractivity contribution in [2.75, 3.05) is 26.7 Å². The van der Waals surface area contributed by atoms with E-state index >= 15 is 0 Å². The lowest BCUT2D eigenvalue weighted by Crippen LogP contribution is -2.31. The average Bonchev–Trinajstić information content (AvgIpc) is 2.89. The number of benzene rings is 1. The molecular weight excluding hydrogens is 352 g/mol. The molecule has 0 saturated carbocycles. The number of carbonyl (C=O) groups is 1. The smallest absolute Gasteiger partial charge is 0.246 e. The second kappa shape index (κ2) is 9.30. The van der Waals surface area contributed by atoms with Crippen LogP contribution < -0.4 is 0 Å². The summed E-state index contributed by atoms with van der Waals surface area (Å²) >= 11 is 0. The maximum atomic E-state index is 12.7. The quantitative estimate of drug-likeness (QED) is 0.767. The van der Waals surface area contributed by atoms with Crippen LogP contribution in [-0.2, 0) is 14.8 Å². The Bertz CT molecular complexity index is 718. The molecule has 1 saturated heterocycles. The predicted molar refractivity (Wildman–Crippen MR) is 102 cm³/mol. The van der Waals surface area contributed by atoms with Crippen LogP contribution in [0, 0.1) is 0 Å². The third kappa shape index (κ3) is 5.65. The maximum absolute atomic E-state index is 12.7. The molecule has 0 spiro atoms. The highest BCUT2D eigenvalue weighted by Gasteiger charge is 2.24. The van der Waals surface area contributed by atoms with E-state index in [2.05, 4.69) is 0 Å². The van der Waals surface area contributed by atoms with Crippen molar-refractivity contribution < 1.29 is 18.3 Å². The summed E-state index contributed by atoms with van der Waals surface area (Å²) in [5.41, 5.74) is 0.749. The third-order valence-electron chi connectivity index (χ3n) is 4.42. The molecule has 7 heteroatoms. The SMILES string of the molecule is C[C@@H](O)CN(C)C(=O)/C=C/c1ccc(S(=O)(=O)N2CCCCCC2)cc1. The molecule has 1 aromatic rings. The second-order valence-electron chi connectivity index (χ2n) is 6.79. The molecule has 1 amide bonds. The van der Waals surface area contributed by atoms with Gasteiger partial charge in [0.2, 0.25) is 15.9 Å². The van der Waals surface area contributed by atoms with Gasteiger partial charge in [-0.1, -0.05) is 25.0 Å². The Morgan fingerprint density at radius 2 is 1.77 bits per heavy atom. The van der Waals surface area contributed by atoms with E-state index in [4.69, 9.17) is 0 Å². The molecule has 144 valence electrons. The maximum Gasteiger partial charge on any atom is 0.246 e. The molecule has 1 atom stereocenters. The molecule has 1 heterocycles. The first kappa shape index (κ1) is 20.6. The van der Waals surface area contributed by atoms with Crippen LogP contribution in [0.25, 0.3) is 6.08 Å². The summed E-state index contributed by atoms with van der Waals surface area (Å²) in [6, 6.07) is 6.57. The summed E-state index contributed by atoms with van der Waals surface area (Å²) in [5, 5.41) is 9.31. The monoisotopic (exact) mass is 380 g/mol. The fourth-order valence-electron chi connectivity index (χ4n) is 2.96. The number of rotatable bonds is 6. The van der Waals surface area contributed by atoms with Gasteiger partial charge in [-0.15, -0.1) is 0 Å². The second-order valence-corrected chi connectivity index (χ2v) is 8.73. The van der Waals surface area contributed by atoms with Crippen molar-refractivity contribution in [2.24, 2.45) is 0 Å². The van der Waals surface area contributed by atoms with Gasteiger partial charge in [0.05, 0.1) is 11.0 Å². The third-order valence-corrected chi connectivity index (χ3v) is 6.33. The topological polar surface area (TPSA) is 77.9 Å². The van der Waals surface area contributed by atoms with Crippen molar-refractivity contribution in [3.8, 4) is 0 Å². The van der Waals surface area contributed by atoms with E-state index < -0.39 is 16.1 Å². The minimum Gasteiger partial charge on any atom is -0.392 e. The normalized spacial score (nSPS) is 17.8. The molecule has 1 aliphatic rings. The molecule has 1 aliphatic heterocycles. The number of amides is 1. The minimum atomic E-state index is -3.45. The summed E-state index contributed by atoms with van der Waals surface area (Å²) < 4.78 is 27.0. The van der Waals surface area contributed by atoms with Crippen molar-refractivity contribution in [1.82, 2.24) is 9.21 Å². The number of hydrogen-bond donors (Lipinski definition) is 1. The highest BCUT2D eigenvalue weighted by molar-refractivity contribution is 7.89. The van der Waals surface area contributed by atoms with Gasteiger partial charge in [0, 0.05) is 32.8 Å². The van der Waals surface area contributed by atoms with E-state index in [-0.39, 0.29) is 17.3 Å². The van der Waals surface area contributed by atoms with Crippen LogP contribution in [0.4, 0.5) is 0 Å². The van der Waals surface area contributed by atoms with E-state index in [1.54, 1.807) is 48.6 Å². The Kier molecular flexibility index (Phi) is 7.37. The summed E-state index contributed by atoms with van der Waals surface area (Å²) in [6.45, 7) is 3.04. The lowest BCUT2D eigenvalue weighted by Gasteiger charge is -2.20. The van der Waals surface area contributed by atoms with Crippen LogP contribution in [0.3, 0.4) is 0 Å². The van der Waals surface area contributed by atoms with Crippen molar-refractivity contribution in [3.63, 3.8) is 0 Å². The van der Waals surface area contributed by atoms with Gasteiger partial charge in [-0.2, -0.15) is 4.31 Å². The van der Waals surface area contributed by atoms with Gasteiger partial charge < -0.3 is 10.0 Å². The Balaban J connectivity index is 2.05. The van der Waals surface area contributed by atoms with E-state index in [1.165, 1.54) is 11.0 Å². The van der Waals surface area contributed by atoms with Gasteiger partial charge in [0.15, 0.2) is 0 Å². The van der Waals surface area contributed by atoms with Crippen LogP contribution in [0.5, 0.6) is 0 Å². The van der Waals surface area contributed by atoms with E-state index in [0.717, 1.165) is 31.2 Å². The number of aliphatic hydroxyl groups is 1. The zero-order valence-corrected chi connectivity index (χ0v) is 16.3. The highest BCUT2D eigenvalue weighted by atomic mass is 32.2. The van der Waals surface area contributed by atoms with Gasteiger partial charge in [0.1, 0.15) is 0 Å². The molecule has 0 aromatic heterocycles. The van der Waals surface area contributed by atoms with Gasteiger partial charge in [0.25, 0.3) is 0 Å². The van der Waals surface area contributed by atoms with E-state index in [0.29, 0.717) is 13.1 Å². The fourth-order valence-corrected chi connectivity index (χ4v) is 4.48. The Morgan fingerprint density at radius 1 is 1.19 bits per heavy atom. The van der Waals surface area contributed by atoms with Crippen LogP contribution in [0.1, 0.15) is 38.2 Å². The summed E-state index contributed by atoms with van der Waals surface area (Å²) in [4.78, 5) is 13.7. The van der Waals surface area contributed by atoms with Gasteiger partial charge in [-0.05, 0) is 43.5 Å². The first-order chi connectivity index (χ1) is 12.3. The van der Waals surface area contributed by atoms with Crippen molar-refractivity contribution >= 4 is 22.0 Å². The number of sulfonamides is 1. The number of hydrogen-bond acceptors (Lipinski definition) is 4. The molecule has 0 radical (unpaired) electrons. The summed E-state index contributed by atoms with van der Waals surface area (Å²) in [6.07, 6.45) is 6.44. The van der Waals surface area contributed by atoms with Crippen LogP contribution in [0.2, 0.25) is 0 Å². The lowest BCUT2D eigenvalue weighted by atomic mass is 10.2. The standard InChI is InChI=1S/C19H28N2O4S/c1-16(22)15-20(2)19(23)12-9-17-7-10-18(11-8-17)26(24,25)21-13-5-3-4-6-14-21/h7-12,16,22H,3-6,13-15H2,1-2H3/b12-9+/t16-/m1/s1. The highest BCUT2D eigenvalue weighted by Crippen LogP contribution is 2.21. The fraction of sp³-hybridized carbons (Fsp3) is 0.526. The Morgan fingerprint density at radius 3 is 2.31 bits per heavy atom. The number of likely N-dealkylation sites (N-methyl/N-ethyl adjacent to an activating group) is 1. The number of nitrogens with zero attached hydrogens (tertiary/aromatic N) is 2. The molecule has 6 nitrogen and oxygen atoms in total. The van der Waals surface area contributed by atoms with Gasteiger partial charge >= 0.3 is 0 Å². The summed E-state index contributed by atoms with van der Waals surface area (Å²) in [7, 11) is -1.83. The Hall–Kier alpha value is -1.70. The molecule has 2 rings (SSSR count). The molecule has 0 unspecified atom stereocenters. The number of aliphatic hydroxyl groups excluding tert-OH is 1. The first-order valence-electron chi connectivity index (χ1n) is 9.02.